The molecule has 1 N–H and O–H groups in total. The zero-order valence-corrected chi connectivity index (χ0v) is 13.4. The quantitative estimate of drug-likeness (QED) is 0.884. The van der Waals surface area contributed by atoms with Crippen LogP contribution in [0.5, 0.6) is 0 Å². The fraction of sp³-hybridized carbons (Fsp3) is 0.688. The molecule has 7 heteroatoms. The Kier molecular flexibility index (Phi) is 3.50. The number of aromatic nitrogens is 2. The molecule has 0 radical (unpaired) electrons. The van der Waals surface area contributed by atoms with E-state index in [2.05, 4.69) is 10.4 Å². The average molecular weight is 317 g/mol. The minimum absolute atomic E-state index is 0.0496. The summed E-state index contributed by atoms with van der Waals surface area (Å²) in [5.41, 5.74) is 1.18. The van der Waals surface area contributed by atoms with Crippen LogP contribution in [0.15, 0.2) is 12.4 Å². The standard InChI is InChI=1S/C16H23N5O2/c1-19-10-11(9-18-19)13-8-14(13)15(22)20-5-2-12(3-6-20)21-7-4-17-16(21)23/h9-10,12-14H,2-8H2,1H3,(H,17,23). The highest BCUT2D eigenvalue weighted by Crippen LogP contribution is 2.48. The van der Waals surface area contributed by atoms with Crippen molar-refractivity contribution in [3.63, 3.8) is 0 Å². The maximum absolute atomic E-state index is 12.6. The van der Waals surface area contributed by atoms with Crippen LogP contribution in [0.2, 0.25) is 0 Å². The molecule has 2 atom stereocenters. The van der Waals surface area contributed by atoms with Crippen molar-refractivity contribution in [1.29, 1.82) is 0 Å². The van der Waals surface area contributed by atoms with E-state index >= 15 is 0 Å². The Balaban J connectivity index is 1.31. The van der Waals surface area contributed by atoms with Crippen LogP contribution in [0.4, 0.5) is 4.79 Å². The summed E-state index contributed by atoms with van der Waals surface area (Å²) in [5.74, 6) is 0.757. The lowest BCUT2D eigenvalue weighted by atomic mass is 10.0. The second-order valence-electron chi connectivity index (χ2n) is 6.88. The number of hydrogen-bond acceptors (Lipinski definition) is 3. The van der Waals surface area contributed by atoms with Gasteiger partial charge < -0.3 is 15.1 Å². The number of hydrogen-bond donors (Lipinski definition) is 1. The van der Waals surface area contributed by atoms with E-state index in [1.807, 2.05) is 29.2 Å². The first kappa shape index (κ1) is 14.5. The lowest BCUT2D eigenvalue weighted by molar-refractivity contribution is -0.134. The van der Waals surface area contributed by atoms with E-state index in [9.17, 15) is 9.59 Å². The third kappa shape index (κ3) is 2.68. The van der Waals surface area contributed by atoms with E-state index in [1.54, 1.807) is 4.68 Å². The maximum Gasteiger partial charge on any atom is 0.317 e. The van der Waals surface area contributed by atoms with Crippen LogP contribution < -0.4 is 5.32 Å². The summed E-state index contributed by atoms with van der Waals surface area (Å²) in [6.07, 6.45) is 6.61. The van der Waals surface area contributed by atoms with E-state index in [0.29, 0.717) is 5.92 Å². The maximum atomic E-state index is 12.6. The lowest BCUT2D eigenvalue weighted by Gasteiger charge is -2.36. The van der Waals surface area contributed by atoms with Gasteiger partial charge in [-0.2, -0.15) is 5.10 Å². The molecule has 2 unspecified atom stereocenters. The first-order valence-electron chi connectivity index (χ1n) is 8.45. The normalized spacial score (nSPS) is 28.1. The summed E-state index contributed by atoms with van der Waals surface area (Å²) in [4.78, 5) is 28.3. The number of aryl methyl sites for hydroxylation is 1. The zero-order valence-electron chi connectivity index (χ0n) is 13.4. The molecule has 23 heavy (non-hydrogen) atoms. The second-order valence-corrected chi connectivity index (χ2v) is 6.88. The predicted molar refractivity (Wildman–Crippen MR) is 83.8 cm³/mol. The molecule has 1 aliphatic carbocycles. The van der Waals surface area contributed by atoms with Gasteiger partial charge >= 0.3 is 6.03 Å². The van der Waals surface area contributed by atoms with Gasteiger partial charge in [0.05, 0.1) is 6.20 Å². The van der Waals surface area contributed by atoms with Crippen molar-refractivity contribution in [3.05, 3.63) is 18.0 Å². The largest absolute Gasteiger partial charge is 0.342 e. The Hall–Kier alpha value is -2.05. The van der Waals surface area contributed by atoms with Gasteiger partial charge in [-0.1, -0.05) is 0 Å². The van der Waals surface area contributed by atoms with Crippen LogP contribution in [0, 0.1) is 5.92 Å². The molecule has 3 heterocycles. The van der Waals surface area contributed by atoms with Crippen molar-refractivity contribution < 1.29 is 9.59 Å². The van der Waals surface area contributed by atoms with Gasteiger partial charge in [0.2, 0.25) is 5.91 Å². The third-order valence-corrected chi connectivity index (χ3v) is 5.37. The number of urea groups is 1. The summed E-state index contributed by atoms with van der Waals surface area (Å²) in [6, 6.07) is 0.337. The SMILES string of the molecule is Cn1cc(C2CC2C(=O)N2CCC(N3CCNC3=O)CC2)cn1. The topological polar surface area (TPSA) is 70.5 Å². The van der Waals surface area contributed by atoms with E-state index in [-0.39, 0.29) is 23.9 Å². The summed E-state index contributed by atoms with van der Waals surface area (Å²) in [5, 5.41) is 7.05. The molecule has 3 aliphatic rings. The van der Waals surface area contributed by atoms with Crippen molar-refractivity contribution in [3.8, 4) is 0 Å². The number of nitrogens with one attached hydrogen (secondary N) is 1. The summed E-state index contributed by atoms with van der Waals surface area (Å²) in [7, 11) is 1.90. The van der Waals surface area contributed by atoms with Gasteiger partial charge in [0.15, 0.2) is 0 Å². The molecule has 2 aliphatic heterocycles. The Morgan fingerprint density at radius 2 is 2.09 bits per heavy atom. The summed E-state index contributed by atoms with van der Waals surface area (Å²) >= 11 is 0. The molecule has 1 aromatic rings. The van der Waals surface area contributed by atoms with Crippen LogP contribution in [0.25, 0.3) is 0 Å². The Morgan fingerprint density at radius 1 is 1.30 bits per heavy atom. The predicted octanol–water partition coefficient (Wildman–Crippen LogP) is 0.540. The van der Waals surface area contributed by atoms with E-state index < -0.39 is 0 Å². The van der Waals surface area contributed by atoms with Crippen molar-refractivity contribution in [2.45, 2.75) is 31.2 Å². The van der Waals surface area contributed by atoms with Crippen LogP contribution in [-0.4, -0.2) is 63.7 Å². The summed E-state index contributed by atoms with van der Waals surface area (Å²) in [6.45, 7) is 3.07. The molecule has 3 amide bonds. The zero-order chi connectivity index (χ0) is 16.0. The molecule has 124 valence electrons. The fourth-order valence-electron chi connectivity index (χ4n) is 3.94. The highest BCUT2D eigenvalue weighted by Gasteiger charge is 2.47. The van der Waals surface area contributed by atoms with Crippen molar-refractivity contribution >= 4 is 11.9 Å². The molecular formula is C16H23N5O2. The molecule has 2 saturated heterocycles. The molecule has 1 aromatic heterocycles. The summed E-state index contributed by atoms with van der Waals surface area (Å²) < 4.78 is 1.79. The van der Waals surface area contributed by atoms with E-state index in [0.717, 1.165) is 45.4 Å². The third-order valence-electron chi connectivity index (χ3n) is 5.37. The van der Waals surface area contributed by atoms with Crippen LogP contribution in [-0.2, 0) is 11.8 Å². The molecule has 4 rings (SSSR count). The Labute approximate surface area is 135 Å². The van der Waals surface area contributed by atoms with Crippen molar-refractivity contribution in [2.24, 2.45) is 13.0 Å². The molecule has 1 saturated carbocycles. The number of piperidine rings is 1. The average Bonchev–Trinajstić information content (AvgIpc) is 3.06. The minimum atomic E-state index is 0.0496. The number of rotatable bonds is 3. The molecule has 0 bridgehead atoms. The van der Waals surface area contributed by atoms with Gasteiger partial charge in [-0.05, 0) is 30.7 Å². The molecule has 0 spiro atoms. The number of likely N-dealkylation sites (tertiary alicyclic amines) is 1. The van der Waals surface area contributed by atoms with Gasteiger partial charge in [0.25, 0.3) is 0 Å². The number of nitrogens with zero attached hydrogens (tertiary/aromatic N) is 4. The van der Waals surface area contributed by atoms with E-state index in [4.69, 9.17) is 0 Å². The van der Waals surface area contributed by atoms with Gasteiger partial charge in [-0.3, -0.25) is 9.48 Å². The number of carbonyl (C=O) groups excluding carboxylic acids is 2. The highest BCUT2D eigenvalue weighted by atomic mass is 16.2. The van der Waals surface area contributed by atoms with Crippen molar-refractivity contribution in [1.82, 2.24) is 24.9 Å². The van der Waals surface area contributed by atoms with Gasteiger partial charge in [0, 0.05) is 51.4 Å². The smallest absolute Gasteiger partial charge is 0.317 e. The van der Waals surface area contributed by atoms with Crippen LogP contribution in [0.3, 0.4) is 0 Å². The Bertz CT molecular complexity index is 620. The van der Waals surface area contributed by atoms with Crippen LogP contribution >= 0.6 is 0 Å². The van der Waals surface area contributed by atoms with Gasteiger partial charge in [-0.25, -0.2) is 4.79 Å². The molecule has 3 fully saturated rings. The molecular weight excluding hydrogens is 294 g/mol. The monoisotopic (exact) mass is 317 g/mol. The van der Waals surface area contributed by atoms with E-state index in [1.165, 1.54) is 5.56 Å². The second kappa shape index (κ2) is 5.54. The Morgan fingerprint density at radius 3 is 2.70 bits per heavy atom. The molecule has 7 nitrogen and oxygen atoms in total. The number of amides is 3. The van der Waals surface area contributed by atoms with Crippen LogP contribution in [0.1, 0.15) is 30.7 Å². The lowest BCUT2D eigenvalue weighted by Crippen LogP contribution is -2.48. The number of carbonyl (C=O) groups is 2. The first-order valence-corrected chi connectivity index (χ1v) is 8.45. The minimum Gasteiger partial charge on any atom is -0.342 e. The highest BCUT2D eigenvalue weighted by molar-refractivity contribution is 5.83. The van der Waals surface area contributed by atoms with Gasteiger partial charge in [0.1, 0.15) is 0 Å². The first-order chi connectivity index (χ1) is 11.1. The fourth-order valence-corrected chi connectivity index (χ4v) is 3.94. The van der Waals surface area contributed by atoms with Crippen molar-refractivity contribution in [2.75, 3.05) is 26.2 Å². The molecule has 0 aromatic carbocycles. The van der Waals surface area contributed by atoms with Gasteiger partial charge in [-0.15, -0.1) is 0 Å².